The number of allylic oxidation sites excluding steroid dienone is 1. The fourth-order valence-electron chi connectivity index (χ4n) is 3.69. The first-order valence-corrected chi connectivity index (χ1v) is 11.9. The second-order valence-electron chi connectivity index (χ2n) is 9.05. The molecule has 8 nitrogen and oxygen atoms in total. The number of nitrogens with zero attached hydrogens (tertiary/aromatic N) is 4. The van der Waals surface area contributed by atoms with Crippen LogP contribution < -0.4 is 11.1 Å². The van der Waals surface area contributed by atoms with Crippen molar-refractivity contribution in [2.24, 2.45) is 10.7 Å². The number of imidazole rings is 1. The summed E-state index contributed by atoms with van der Waals surface area (Å²) in [6, 6.07) is 8.48. The molecule has 0 radical (unpaired) electrons. The van der Waals surface area contributed by atoms with Crippen molar-refractivity contribution in [2.45, 2.75) is 57.3 Å². The standard InChI is InChI=1S/C26H27F3N6O2/c1-16(25(37)34-21-5-6-21)31-13-20(12-30)19-11-24-32-15-23(35(24)33-14-19)18-4-2-3-17(9-18)10-22(36)7-8-26(27,28)29/h2-4,9,11-16,21H,5-8,10,30H2,1H3,(H,34,37). The van der Waals surface area contributed by atoms with E-state index in [9.17, 15) is 22.8 Å². The minimum absolute atomic E-state index is 0.0840. The number of aliphatic imine (C=N–C) groups is 1. The molecule has 1 fully saturated rings. The number of fused-ring (bicyclic) bond motifs is 1. The molecule has 1 unspecified atom stereocenters. The predicted molar refractivity (Wildman–Crippen MR) is 134 cm³/mol. The number of carbonyl (C=O) groups is 2. The molecule has 37 heavy (non-hydrogen) atoms. The van der Waals surface area contributed by atoms with Gasteiger partial charge in [-0.1, -0.05) is 18.2 Å². The first-order chi connectivity index (χ1) is 17.6. The van der Waals surface area contributed by atoms with Gasteiger partial charge in [-0.05, 0) is 37.5 Å². The molecule has 3 N–H and O–H groups in total. The topological polar surface area (TPSA) is 115 Å². The molecule has 0 bridgehead atoms. The second kappa shape index (κ2) is 10.9. The third-order valence-corrected chi connectivity index (χ3v) is 5.93. The van der Waals surface area contributed by atoms with Crippen molar-refractivity contribution in [2.75, 3.05) is 0 Å². The van der Waals surface area contributed by atoms with Gasteiger partial charge < -0.3 is 11.1 Å². The highest BCUT2D eigenvalue weighted by atomic mass is 19.4. The van der Waals surface area contributed by atoms with Crippen molar-refractivity contribution in [3.8, 4) is 11.3 Å². The third-order valence-electron chi connectivity index (χ3n) is 5.93. The number of halogens is 3. The SMILES string of the molecule is CC(N=CC(=CN)c1cnn2c(-c3cccc(CC(=O)CCC(F)(F)F)c3)cnc2c1)C(=O)NC1CC1. The fourth-order valence-corrected chi connectivity index (χ4v) is 3.69. The van der Waals surface area contributed by atoms with Crippen molar-refractivity contribution in [1.29, 1.82) is 0 Å². The summed E-state index contributed by atoms with van der Waals surface area (Å²) in [5.41, 5.74) is 9.56. The van der Waals surface area contributed by atoms with Crippen LogP contribution in [0.25, 0.3) is 22.5 Å². The van der Waals surface area contributed by atoms with Crippen LogP contribution in [0, 0.1) is 0 Å². The van der Waals surface area contributed by atoms with E-state index in [1.165, 1.54) is 12.4 Å². The zero-order valence-corrected chi connectivity index (χ0v) is 20.2. The van der Waals surface area contributed by atoms with Crippen molar-refractivity contribution >= 4 is 29.1 Å². The lowest BCUT2D eigenvalue weighted by Gasteiger charge is -2.08. The molecule has 1 amide bonds. The van der Waals surface area contributed by atoms with Crippen LogP contribution in [0.5, 0.6) is 0 Å². The number of Topliss-reactive ketones (excluding diaryl/α,β-unsaturated/α-hetero) is 1. The molecule has 0 spiro atoms. The Hall–Kier alpha value is -4.02. The Morgan fingerprint density at radius 1 is 1.27 bits per heavy atom. The highest BCUT2D eigenvalue weighted by Gasteiger charge is 2.28. The summed E-state index contributed by atoms with van der Waals surface area (Å²) >= 11 is 0. The van der Waals surface area contributed by atoms with Gasteiger partial charge in [-0.3, -0.25) is 14.6 Å². The number of benzene rings is 1. The number of aromatic nitrogens is 3. The molecule has 1 saturated carbocycles. The van der Waals surface area contributed by atoms with E-state index < -0.39 is 30.8 Å². The molecule has 11 heteroatoms. The maximum atomic E-state index is 12.4. The number of nitrogens with two attached hydrogens (primary N) is 1. The minimum Gasteiger partial charge on any atom is -0.404 e. The lowest BCUT2D eigenvalue weighted by atomic mass is 10.0. The quantitative estimate of drug-likeness (QED) is 0.400. The summed E-state index contributed by atoms with van der Waals surface area (Å²) < 4.78 is 38.8. The van der Waals surface area contributed by atoms with Crippen molar-refractivity contribution in [3.63, 3.8) is 0 Å². The van der Waals surface area contributed by atoms with Crippen LogP contribution in [0.3, 0.4) is 0 Å². The molecule has 194 valence electrons. The number of amides is 1. The Labute approximate surface area is 211 Å². The molecule has 0 aliphatic heterocycles. The fraction of sp³-hybridized carbons (Fsp3) is 0.346. The van der Waals surface area contributed by atoms with E-state index in [2.05, 4.69) is 20.4 Å². The van der Waals surface area contributed by atoms with E-state index in [1.54, 1.807) is 48.1 Å². The zero-order valence-electron chi connectivity index (χ0n) is 20.2. The van der Waals surface area contributed by atoms with Gasteiger partial charge in [-0.25, -0.2) is 9.50 Å². The van der Waals surface area contributed by atoms with Crippen molar-refractivity contribution in [3.05, 3.63) is 60.1 Å². The Morgan fingerprint density at radius 2 is 2.05 bits per heavy atom. The van der Waals surface area contributed by atoms with E-state index in [-0.39, 0.29) is 18.4 Å². The molecule has 1 atom stereocenters. The lowest BCUT2D eigenvalue weighted by Crippen LogP contribution is -2.33. The van der Waals surface area contributed by atoms with E-state index in [0.29, 0.717) is 28.0 Å². The van der Waals surface area contributed by atoms with Gasteiger partial charge in [0, 0.05) is 48.0 Å². The maximum Gasteiger partial charge on any atom is 0.389 e. The summed E-state index contributed by atoms with van der Waals surface area (Å²) in [6.07, 6.45) is 2.03. The number of rotatable bonds is 10. The van der Waals surface area contributed by atoms with Crippen LogP contribution in [-0.2, 0) is 16.0 Å². The van der Waals surface area contributed by atoms with Crippen LogP contribution in [0.1, 0.15) is 43.7 Å². The Kier molecular flexibility index (Phi) is 7.70. The van der Waals surface area contributed by atoms with Crippen molar-refractivity contribution < 1.29 is 22.8 Å². The number of hydrogen-bond acceptors (Lipinski definition) is 6. The van der Waals surface area contributed by atoms with Gasteiger partial charge in [0.1, 0.15) is 11.8 Å². The predicted octanol–water partition coefficient (Wildman–Crippen LogP) is 3.89. The first kappa shape index (κ1) is 26.1. The highest BCUT2D eigenvalue weighted by molar-refractivity contribution is 6.10. The van der Waals surface area contributed by atoms with Gasteiger partial charge in [0.2, 0.25) is 5.91 Å². The molecule has 0 saturated heterocycles. The number of nitrogens with one attached hydrogen (secondary N) is 1. The first-order valence-electron chi connectivity index (χ1n) is 11.9. The van der Waals surface area contributed by atoms with Gasteiger partial charge in [-0.15, -0.1) is 0 Å². The highest BCUT2D eigenvalue weighted by Crippen LogP contribution is 2.25. The van der Waals surface area contributed by atoms with Crippen LogP contribution in [0.2, 0.25) is 0 Å². The van der Waals surface area contributed by atoms with Gasteiger partial charge in [0.25, 0.3) is 0 Å². The average molecular weight is 513 g/mol. The van der Waals surface area contributed by atoms with Gasteiger partial charge in [-0.2, -0.15) is 18.3 Å². The second-order valence-corrected chi connectivity index (χ2v) is 9.05. The molecule has 2 heterocycles. The van der Waals surface area contributed by atoms with Crippen LogP contribution in [0.4, 0.5) is 13.2 Å². The third kappa shape index (κ3) is 7.02. The van der Waals surface area contributed by atoms with Gasteiger partial charge in [0.15, 0.2) is 5.65 Å². The van der Waals surface area contributed by atoms with Crippen LogP contribution in [-0.4, -0.2) is 50.8 Å². The average Bonchev–Trinajstić information content (AvgIpc) is 3.57. The Balaban J connectivity index is 1.48. The summed E-state index contributed by atoms with van der Waals surface area (Å²) in [5, 5.41) is 7.38. The van der Waals surface area contributed by atoms with E-state index >= 15 is 0 Å². The molecule has 1 aromatic carbocycles. The Morgan fingerprint density at radius 3 is 2.76 bits per heavy atom. The van der Waals surface area contributed by atoms with E-state index in [0.717, 1.165) is 18.4 Å². The number of ketones is 1. The summed E-state index contributed by atoms with van der Waals surface area (Å²) in [5.74, 6) is -0.608. The largest absolute Gasteiger partial charge is 0.404 e. The van der Waals surface area contributed by atoms with Gasteiger partial charge in [0.05, 0.1) is 24.5 Å². The molecule has 3 aromatic rings. The summed E-state index contributed by atoms with van der Waals surface area (Å²) in [4.78, 5) is 32.9. The summed E-state index contributed by atoms with van der Waals surface area (Å²) in [6.45, 7) is 1.71. The van der Waals surface area contributed by atoms with Crippen LogP contribution >= 0.6 is 0 Å². The van der Waals surface area contributed by atoms with E-state index in [4.69, 9.17) is 5.73 Å². The molecular formula is C26H27F3N6O2. The molecule has 1 aliphatic carbocycles. The number of alkyl halides is 3. The maximum absolute atomic E-state index is 12.4. The van der Waals surface area contributed by atoms with E-state index in [1.807, 2.05) is 6.07 Å². The molecule has 1 aliphatic rings. The molecule has 2 aromatic heterocycles. The smallest absolute Gasteiger partial charge is 0.389 e. The van der Waals surface area contributed by atoms with Crippen molar-refractivity contribution in [1.82, 2.24) is 19.9 Å². The minimum atomic E-state index is -4.35. The van der Waals surface area contributed by atoms with Crippen LogP contribution in [0.15, 0.2) is 53.9 Å². The molecule has 4 rings (SSSR count). The Bertz CT molecular complexity index is 1360. The van der Waals surface area contributed by atoms with Gasteiger partial charge >= 0.3 is 6.18 Å². The number of hydrogen-bond donors (Lipinski definition) is 2. The summed E-state index contributed by atoms with van der Waals surface area (Å²) in [7, 11) is 0. The number of carbonyl (C=O) groups excluding carboxylic acids is 2. The monoisotopic (exact) mass is 512 g/mol. The lowest BCUT2D eigenvalue weighted by molar-refractivity contribution is -0.143. The zero-order chi connectivity index (χ0) is 26.6. The normalized spacial score (nSPS) is 15.3. The molecular weight excluding hydrogens is 485 g/mol.